The summed E-state index contributed by atoms with van der Waals surface area (Å²) in [4.78, 5) is 21.8. The lowest BCUT2D eigenvalue weighted by Gasteiger charge is -2.19. The minimum Gasteiger partial charge on any atom is -0.470 e. The lowest BCUT2D eigenvalue weighted by molar-refractivity contribution is -0.116. The van der Waals surface area contributed by atoms with Gasteiger partial charge in [0.25, 0.3) is 5.88 Å². The van der Waals surface area contributed by atoms with Crippen LogP contribution in [0.3, 0.4) is 0 Å². The van der Waals surface area contributed by atoms with Crippen LogP contribution in [-0.2, 0) is 11.4 Å². The first kappa shape index (κ1) is 18.9. The van der Waals surface area contributed by atoms with Crippen LogP contribution in [-0.4, -0.2) is 27.3 Å². The van der Waals surface area contributed by atoms with E-state index in [4.69, 9.17) is 27.9 Å². The van der Waals surface area contributed by atoms with E-state index in [-0.39, 0.29) is 12.5 Å². The zero-order valence-electron chi connectivity index (χ0n) is 14.3. The topological polar surface area (TPSA) is 59.7 Å². The summed E-state index contributed by atoms with van der Waals surface area (Å²) in [7, 11) is 1.65. The zero-order chi connectivity index (χ0) is 19.0. The Morgan fingerprint density at radius 1 is 1.38 bits per heavy atom. The Morgan fingerprint density at radius 2 is 2.12 bits per heavy atom. The van der Waals surface area contributed by atoms with Crippen LogP contribution < -0.4 is 9.64 Å². The summed E-state index contributed by atoms with van der Waals surface area (Å²) < 4.78 is 8.51. The van der Waals surface area contributed by atoms with Gasteiger partial charge in [0, 0.05) is 37.0 Å². The number of rotatable bonds is 4. The van der Waals surface area contributed by atoms with Gasteiger partial charge in [-0.3, -0.25) is 9.20 Å². The number of aryl methyl sites for hydroxylation is 1. The Labute approximate surface area is 168 Å². The number of nitrogens with zero attached hydrogens (tertiary/aromatic N) is 4. The average Bonchev–Trinajstić information content (AvgIpc) is 2.89. The van der Waals surface area contributed by atoms with Gasteiger partial charge in [0.2, 0.25) is 11.6 Å². The van der Waals surface area contributed by atoms with Gasteiger partial charge in [-0.1, -0.05) is 23.2 Å². The van der Waals surface area contributed by atoms with Crippen molar-refractivity contribution in [2.75, 3.05) is 11.9 Å². The molecule has 2 heterocycles. The third-order valence-electron chi connectivity index (χ3n) is 3.96. The number of aromatic nitrogens is 3. The maximum atomic E-state index is 11.6. The molecule has 3 aromatic rings. The first-order chi connectivity index (χ1) is 12.3. The van der Waals surface area contributed by atoms with Crippen molar-refractivity contribution in [1.82, 2.24) is 14.4 Å². The van der Waals surface area contributed by atoms with E-state index in [9.17, 15) is 4.79 Å². The minimum absolute atomic E-state index is 0.0907. The number of hydrogen-bond donors (Lipinski definition) is 0. The number of hydrogen-bond acceptors (Lipinski definition) is 4. The summed E-state index contributed by atoms with van der Waals surface area (Å²) in [6.45, 7) is 3.44. The fraction of sp³-hybridized carbons (Fsp3) is 0.235. The quantitative estimate of drug-likeness (QED) is 0.571. The summed E-state index contributed by atoms with van der Waals surface area (Å²) in [5, 5.41) is 0.811. The predicted molar refractivity (Wildman–Crippen MR) is 105 cm³/mol. The fourth-order valence-electron chi connectivity index (χ4n) is 2.43. The molecule has 1 amide bonds. The molecular formula is C17H15BrCl2N4O2. The van der Waals surface area contributed by atoms with Gasteiger partial charge in [-0.15, -0.1) is 0 Å². The van der Waals surface area contributed by atoms with Crippen LogP contribution in [0, 0.1) is 6.92 Å². The number of anilines is 1. The molecule has 0 atom stereocenters. The van der Waals surface area contributed by atoms with Crippen LogP contribution >= 0.6 is 39.1 Å². The molecule has 0 bridgehead atoms. The van der Waals surface area contributed by atoms with Gasteiger partial charge in [-0.05, 0) is 35.0 Å². The van der Waals surface area contributed by atoms with E-state index in [1.54, 1.807) is 31.6 Å². The van der Waals surface area contributed by atoms with Crippen molar-refractivity contribution >= 4 is 56.4 Å². The summed E-state index contributed by atoms with van der Waals surface area (Å²) in [5.74, 6) is 0.226. The summed E-state index contributed by atoms with van der Waals surface area (Å²) in [5.41, 5.74) is 2.54. The Hall–Kier alpha value is -1.83. The van der Waals surface area contributed by atoms with Crippen molar-refractivity contribution in [1.29, 1.82) is 0 Å². The van der Waals surface area contributed by atoms with Gasteiger partial charge in [0.05, 0.1) is 16.4 Å². The predicted octanol–water partition coefficient (Wildman–Crippen LogP) is 4.67. The average molecular weight is 458 g/mol. The monoisotopic (exact) mass is 456 g/mol. The number of imidazole rings is 1. The molecule has 0 saturated carbocycles. The molecule has 0 aliphatic carbocycles. The molecule has 9 heteroatoms. The Morgan fingerprint density at radius 3 is 2.81 bits per heavy atom. The van der Waals surface area contributed by atoms with Crippen molar-refractivity contribution in [2.45, 2.75) is 20.5 Å². The zero-order valence-corrected chi connectivity index (χ0v) is 17.4. The molecular weight excluding hydrogens is 443 g/mol. The second kappa shape index (κ2) is 7.42. The van der Waals surface area contributed by atoms with E-state index < -0.39 is 0 Å². The van der Waals surface area contributed by atoms with E-state index in [1.807, 2.05) is 11.3 Å². The van der Waals surface area contributed by atoms with Gasteiger partial charge in [0.1, 0.15) is 11.2 Å². The second-order valence-electron chi connectivity index (χ2n) is 5.64. The molecule has 0 unspecified atom stereocenters. The van der Waals surface area contributed by atoms with Crippen LogP contribution in [0.2, 0.25) is 10.0 Å². The highest BCUT2D eigenvalue weighted by Gasteiger charge is 2.18. The Kier molecular flexibility index (Phi) is 5.41. The van der Waals surface area contributed by atoms with Crippen LogP contribution in [0.1, 0.15) is 18.2 Å². The minimum atomic E-state index is -0.134. The molecule has 0 N–H and O–H groups in total. The highest BCUT2D eigenvalue weighted by Crippen LogP contribution is 2.35. The normalized spacial score (nSPS) is 11.0. The van der Waals surface area contributed by atoms with Crippen LogP contribution in [0.5, 0.6) is 5.88 Å². The summed E-state index contributed by atoms with van der Waals surface area (Å²) in [6, 6.07) is 3.38. The summed E-state index contributed by atoms with van der Waals surface area (Å²) >= 11 is 16.2. The third kappa shape index (κ3) is 3.39. The summed E-state index contributed by atoms with van der Waals surface area (Å²) in [6.07, 6.45) is 3.41. The Bertz CT molecular complexity index is 1010. The van der Waals surface area contributed by atoms with Crippen molar-refractivity contribution in [3.8, 4) is 5.88 Å². The van der Waals surface area contributed by atoms with Crippen molar-refractivity contribution < 1.29 is 9.53 Å². The molecule has 0 aliphatic heterocycles. The highest BCUT2D eigenvalue weighted by molar-refractivity contribution is 9.10. The molecule has 0 radical (unpaired) electrons. The molecule has 2 aromatic heterocycles. The molecule has 0 fully saturated rings. The number of benzene rings is 1. The number of fused-ring (bicyclic) bond motifs is 1. The van der Waals surface area contributed by atoms with Crippen molar-refractivity contribution in [2.24, 2.45) is 0 Å². The van der Waals surface area contributed by atoms with Gasteiger partial charge in [0.15, 0.2) is 0 Å². The molecule has 26 heavy (non-hydrogen) atoms. The molecule has 6 nitrogen and oxygen atoms in total. The van der Waals surface area contributed by atoms with Crippen molar-refractivity contribution in [3.63, 3.8) is 0 Å². The van der Waals surface area contributed by atoms with Crippen LogP contribution in [0.15, 0.2) is 29.1 Å². The molecule has 1 aromatic carbocycles. The highest BCUT2D eigenvalue weighted by atomic mass is 79.9. The smallest absolute Gasteiger partial charge is 0.258 e. The van der Waals surface area contributed by atoms with Gasteiger partial charge in [-0.2, -0.15) is 0 Å². The molecule has 0 saturated heterocycles. The van der Waals surface area contributed by atoms with Gasteiger partial charge < -0.3 is 9.64 Å². The second-order valence-corrected chi connectivity index (χ2v) is 7.18. The van der Waals surface area contributed by atoms with Gasteiger partial charge in [-0.25, -0.2) is 9.97 Å². The van der Waals surface area contributed by atoms with E-state index in [1.165, 1.54) is 11.8 Å². The maximum absolute atomic E-state index is 11.6. The first-order valence-corrected chi connectivity index (χ1v) is 9.19. The van der Waals surface area contributed by atoms with Crippen LogP contribution in [0.25, 0.3) is 5.65 Å². The number of carbonyl (C=O) groups is 1. The maximum Gasteiger partial charge on any atom is 0.258 e. The Balaban J connectivity index is 1.94. The number of halogens is 3. The van der Waals surface area contributed by atoms with E-state index in [0.717, 1.165) is 10.3 Å². The van der Waals surface area contributed by atoms with Crippen molar-refractivity contribution in [3.05, 3.63) is 50.4 Å². The largest absolute Gasteiger partial charge is 0.470 e. The number of amides is 1. The lowest BCUT2D eigenvalue weighted by atomic mass is 10.2. The molecule has 3 rings (SSSR count). The van der Waals surface area contributed by atoms with Crippen LogP contribution in [0.4, 0.5) is 5.69 Å². The van der Waals surface area contributed by atoms with E-state index in [0.29, 0.717) is 32.8 Å². The van der Waals surface area contributed by atoms with Gasteiger partial charge >= 0.3 is 0 Å². The standard InChI is InChI=1S/C17H15BrCl2N4O2/c1-9-15(18)24-7-6-21-17(16(24)22-9)26-8-11-12(19)4-5-13(14(11)20)23(3)10(2)25/h4-7H,8H2,1-3H3. The number of carbonyl (C=O) groups excluding carboxylic acids is 1. The lowest BCUT2D eigenvalue weighted by Crippen LogP contribution is -2.23. The third-order valence-corrected chi connectivity index (χ3v) is 5.69. The SMILES string of the molecule is CC(=O)N(C)c1ccc(Cl)c(COc2nccn3c(Br)c(C)nc23)c1Cl. The number of ether oxygens (including phenoxy) is 1. The molecule has 136 valence electrons. The fourth-order valence-corrected chi connectivity index (χ4v) is 3.41. The first-order valence-electron chi connectivity index (χ1n) is 7.64. The van der Waals surface area contributed by atoms with E-state index in [2.05, 4.69) is 25.9 Å². The van der Waals surface area contributed by atoms with E-state index >= 15 is 0 Å². The molecule has 0 spiro atoms. The molecule has 0 aliphatic rings.